The van der Waals surface area contributed by atoms with Gasteiger partial charge < -0.3 is 10.1 Å². The minimum absolute atomic E-state index is 0.364. The Morgan fingerprint density at radius 1 is 1.09 bits per heavy atom. The first-order valence-corrected chi connectivity index (χ1v) is 11.1. The summed E-state index contributed by atoms with van der Waals surface area (Å²) < 4.78 is 8.63. The van der Waals surface area contributed by atoms with Crippen LogP contribution >= 0.6 is 0 Å². The maximum atomic E-state index is 13.1. The van der Waals surface area contributed by atoms with Crippen LogP contribution in [-0.2, 0) is 18.2 Å². The second kappa shape index (κ2) is 10.3. The fourth-order valence-electron chi connectivity index (χ4n) is 3.78. The van der Waals surface area contributed by atoms with Gasteiger partial charge in [0.2, 0.25) is 0 Å². The lowest BCUT2D eigenvalue weighted by Crippen LogP contribution is -2.23. The first-order valence-electron chi connectivity index (χ1n) is 11.1. The third-order valence-corrected chi connectivity index (χ3v) is 5.46. The largest absolute Gasteiger partial charge is 0.385 e. The molecule has 0 saturated carbocycles. The fraction of sp³-hybridized carbons (Fsp3) is 0.280. The van der Waals surface area contributed by atoms with Gasteiger partial charge in [-0.05, 0) is 51.0 Å². The Morgan fingerprint density at radius 2 is 1.88 bits per heavy atom. The number of hydrogen-bond acceptors (Lipinski definition) is 5. The first-order chi connectivity index (χ1) is 16.5. The van der Waals surface area contributed by atoms with Crippen LogP contribution in [0.25, 0.3) is 16.9 Å². The summed E-state index contributed by atoms with van der Waals surface area (Å²) >= 11 is 0. The molecule has 2 amide bonds. The van der Waals surface area contributed by atoms with Crippen molar-refractivity contribution in [3.8, 4) is 16.9 Å². The molecule has 0 fully saturated rings. The number of ether oxygens (including phenoxy) is 1. The standard InChI is InChI=1S/C25H29N7O2/c1-17-12-13-22(21(27-17)11-8-14-34-4)28-25(33)29-24-18(2)23(19-15-26-31(3)16-19)30-32(24)20-9-6-5-7-10-20/h5-7,9-10,12-13,15-16H,8,11,14H2,1-4H3,(H2,28,29,33). The number of nitrogens with one attached hydrogen (secondary N) is 2. The number of rotatable bonds is 8. The molecule has 0 atom stereocenters. The van der Waals surface area contributed by atoms with Crippen LogP contribution in [0.4, 0.5) is 16.3 Å². The highest BCUT2D eigenvalue weighted by atomic mass is 16.5. The van der Waals surface area contributed by atoms with Gasteiger partial charge in [0, 0.05) is 43.8 Å². The Hall–Kier alpha value is -3.98. The summed E-state index contributed by atoms with van der Waals surface area (Å²) in [5.74, 6) is 0.587. The summed E-state index contributed by atoms with van der Waals surface area (Å²) in [6, 6.07) is 13.1. The molecule has 0 bridgehead atoms. The van der Waals surface area contributed by atoms with Gasteiger partial charge in [-0.1, -0.05) is 18.2 Å². The molecule has 4 rings (SSSR count). The number of carbonyl (C=O) groups is 1. The van der Waals surface area contributed by atoms with E-state index in [0.717, 1.165) is 40.3 Å². The molecule has 3 heterocycles. The molecule has 34 heavy (non-hydrogen) atoms. The van der Waals surface area contributed by atoms with E-state index in [2.05, 4.69) is 20.7 Å². The van der Waals surface area contributed by atoms with Crippen molar-refractivity contribution in [2.45, 2.75) is 26.7 Å². The van der Waals surface area contributed by atoms with Crippen LogP contribution in [0.1, 0.15) is 23.4 Å². The summed E-state index contributed by atoms with van der Waals surface area (Å²) in [5.41, 5.74) is 5.72. The zero-order chi connectivity index (χ0) is 24.1. The summed E-state index contributed by atoms with van der Waals surface area (Å²) in [6.07, 6.45) is 5.19. The van der Waals surface area contributed by atoms with Gasteiger partial charge in [0.15, 0.2) is 0 Å². The van der Waals surface area contributed by atoms with E-state index in [1.165, 1.54) is 0 Å². The van der Waals surface area contributed by atoms with Crippen LogP contribution < -0.4 is 10.6 Å². The number of methoxy groups -OCH3 is 1. The van der Waals surface area contributed by atoms with Crippen molar-refractivity contribution in [2.75, 3.05) is 24.4 Å². The molecule has 0 aliphatic carbocycles. The molecule has 0 aliphatic heterocycles. The van der Waals surface area contributed by atoms with Crippen LogP contribution in [0.5, 0.6) is 0 Å². The molecule has 2 N–H and O–H groups in total. The Kier molecular flexibility index (Phi) is 7.03. The predicted molar refractivity (Wildman–Crippen MR) is 132 cm³/mol. The molecule has 0 aliphatic rings. The summed E-state index contributed by atoms with van der Waals surface area (Å²) in [6.45, 7) is 4.51. The Labute approximate surface area is 198 Å². The number of urea groups is 1. The van der Waals surface area contributed by atoms with Gasteiger partial charge >= 0.3 is 6.03 Å². The Bertz CT molecular complexity index is 1280. The average molecular weight is 460 g/mol. The van der Waals surface area contributed by atoms with E-state index in [9.17, 15) is 4.79 Å². The van der Waals surface area contributed by atoms with Crippen molar-refractivity contribution < 1.29 is 9.53 Å². The van der Waals surface area contributed by atoms with E-state index in [4.69, 9.17) is 9.84 Å². The fourth-order valence-corrected chi connectivity index (χ4v) is 3.78. The van der Waals surface area contributed by atoms with Gasteiger partial charge in [-0.2, -0.15) is 10.2 Å². The van der Waals surface area contributed by atoms with Crippen LogP contribution in [0.15, 0.2) is 54.9 Å². The van der Waals surface area contributed by atoms with E-state index in [1.54, 1.807) is 22.7 Å². The predicted octanol–water partition coefficient (Wildman–Crippen LogP) is 4.51. The second-order valence-corrected chi connectivity index (χ2v) is 8.09. The molecule has 9 nitrogen and oxygen atoms in total. The summed E-state index contributed by atoms with van der Waals surface area (Å²) in [5, 5.41) is 15.0. The molecular weight excluding hydrogens is 430 g/mol. The third-order valence-electron chi connectivity index (χ3n) is 5.46. The molecule has 0 saturated heterocycles. The third kappa shape index (κ3) is 5.15. The van der Waals surface area contributed by atoms with Crippen LogP contribution in [0.2, 0.25) is 0 Å². The van der Waals surface area contributed by atoms with Crippen molar-refractivity contribution in [3.63, 3.8) is 0 Å². The van der Waals surface area contributed by atoms with Gasteiger partial charge in [-0.25, -0.2) is 9.48 Å². The number of benzene rings is 1. The molecule has 1 aromatic carbocycles. The molecule has 176 valence electrons. The lowest BCUT2D eigenvalue weighted by atomic mass is 10.1. The maximum absolute atomic E-state index is 13.1. The van der Waals surface area contributed by atoms with Gasteiger partial charge in [0.25, 0.3) is 0 Å². The zero-order valence-electron chi connectivity index (χ0n) is 19.9. The lowest BCUT2D eigenvalue weighted by Gasteiger charge is -2.14. The van der Waals surface area contributed by atoms with Crippen molar-refractivity contribution in [1.29, 1.82) is 0 Å². The van der Waals surface area contributed by atoms with Crippen molar-refractivity contribution in [3.05, 3.63) is 71.8 Å². The monoisotopic (exact) mass is 459 g/mol. The number of nitrogens with zero attached hydrogens (tertiary/aromatic N) is 5. The highest BCUT2D eigenvalue weighted by Crippen LogP contribution is 2.30. The molecule has 3 aromatic heterocycles. The highest BCUT2D eigenvalue weighted by molar-refractivity contribution is 6.00. The van der Waals surface area contributed by atoms with Crippen molar-refractivity contribution in [1.82, 2.24) is 24.5 Å². The SMILES string of the molecule is COCCCc1nc(C)ccc1NC(=O)Nc1c(C)c(-c2cnn(C)c2)nn1-c1ccccc1. The van der Waals surface area contributed by atoms with E-state index in [-0.39, 0.29) is 6.03 Å². The number of anilines is 2. The first kappa shape index (κ1) is 23.2. The molecule has 4 aromatic rings. The normalized spacial score (nSPS) is 10.9. The number of aryl methyl sites for hydroxylation is 3. The van der Waals surface area contributed by atoms with Crippen LogP contribution in [-0.4, -0.2) is 44.3 Å². The Balaban J connectivity index is 1.63. The number of carbonyl (C=O) groups excluding carboxylic acids is 1. The van der Waals surface area contributed by atoms with Crippen LogP contribution in [0.3, 0.4) is 0 Å². The smallest absolute Gasteiger partial charge is 0.324 e. The number of hydrogen-bond donors (Lipinski definition) is 2. The summed E-state index contributed by atoms with van der Waals surface area (Å²) in [7, 11) is 3.54. The van der Waals surface area contributed by atoms with E-state index >= 15 is 0 Å². The number of para-hydroxylation sites is 1. The van der Waals surface area contributed by atoms with E-state index in [0.29, 0.717) is 24.5 Å². The van der Waals surface area contributed by atoms with Gasteiger partial charge in [-0.3, -0.25) is 15.0 Å². The minimum atomic E-state index is -0.364. The molecule has 0 unspecified atom stereocenters. The van der Waals surface area contributed by atoms with Crippen LogP contribution in [0, 0.1) is 13.8 Å². The van der Waals surface area contributed by atoms with E-state index < -0.39 is 0 Å². The number of pyridine rings is 1. The van der Waals surface area contributed by atoms with Crippen molar-refractivity contribution in [2.24, 2.45) is 7.05 Å². The van der Waals surface area contributed by atoms with Gasteiger partial charge in [0.05, 0.1) is 23.3 Å². The van der Waals surface area contributed by atoms with Gasteiger partial charge in [0.1, 0.15) is 11.5 Å². The summed E-state index contributed by atoms with van der Waals surface area (Å²) in [4.78, 5) is 17.7. The quantitative estimate of drug-likeness (QED) is 0.378. The zero-order valence-corrected chi connectivity index (χ0v) is 19.9. The molecular formula is C25H29N7O2. The average Bonchev–Trinajstić information content (AvgIpc) is 3.39. The highest BCUT2D eigenvalue weighted by Gasteiger charge is 2.20. The molecule has 9 heteroatoms. The topological polar surface area (TPSA) is 98.9 Å². The maximum Gasteiger partial charge on any atom is 0.324 e. The Morgan fingerprint density at radius 3 is 2.59 bits per heavy atom. The minimum Gasteiger partial charge on any atom is -0.385 e. The number of amides is 2. The molecule has 0 radical (unpaired) electrons. The lowest BCUT2D eigenvalue weighted by molar-refractivity contribution is 0.195. The van der Waals surface area contributed by atoms with Gasteiger partial charge in [-0.15, -0.1) is 0 Å². The van der Waals surface area contributed by atoms with E-state index in [1.807, 2.05) is 69.6 Å². The molecule has 0 spiro atoms. The van der Waals surface area contributed by atoms with Crippen molar-refractivity contribution >= 4 is 17.5 Å². The number of aromatic nitrogens is 5. The second-order valence-electron chi connectivity index (χ2n) is 8.09.